The summed E-state index contributed by atoms with van der Waals surface area (Å²) < 4.78 is 1.96. The minimum absolute atomic E-state index is 1.43. The van der Waals surface area contributed by atoms with Crippen LogP contribution in [0, 0.1) is 0 Å². The molecule has 1 nitrogen and oxygen atoms in total. The van der Waals surface area contributed by atoms with Gasteiger partial charge < -0.3 is 0 Å². The zero-order valence-corrected chi connectivity index (χ0v) is 5.65. The van der Waals surface area contributed by atoms with E-state index in [0.717, 1.165) is 0 Å². The van der Waals surface area contributed by atoms with Crippen LogP contribution >= 0.6 is 0 Å². The topological polar surface area (TPSA) is 26.0 Å². The molecule has 0 aromatic heterocycles. The van der Waals surface area contributed by atoms with E-state index in [1.165, 1.54) is 25.6 Å². The van der Waals surface area contributed by atoms with Crippen LogP contribution < -0.4 is 5.73 Å². The van der Waals surface area contributed by atoms with Crippen molar-refractivity contribution in [2.45, 2.75) is 0 Å². The zero-order chi connectivity index (χ0) is 4.12. The van der Waals surface area contributed by atoms with Gasteiger partial charge in [-0.05, 0) is 0 Å². The molecule has 0 fully saturated rings. The molecule has 0 bridgehead atoms. The first-order valence-corrected chi connectivity index (χ1v) is 2.93. The number of nitrogens with two attached hydrogens (primary N) is 1. The summed E-state index contributed by atoms with van der Waals surface area (Å²) in [6.07, 6.45) is 3.34. The van der Waals surface area contributed by atoms with Crippen LogP contribution in [0.4, 0.5) is 0 Å². The Hall–Kier alpha value is 0.0983. The van der Waals surface area contributed by atoms with Gasteiger partial charge in [0.2, 0.25) is 0 Å². The van der Waals surface area contributed by atoms with Crippen LogP contribution in [-0.4, -0.2) is 4.40 Å². The molecule has 0 rings (SSSR count). The second-order valence-corrected chi connectivity index (χ2v) is 1.50. The molecule has 0 heterocycles. The summed E-state index contributed by atoms with van der Waals surface area (Å²) in [5, 5.41) is 0. The van der Waals surface area contributed by atoms with Crippen LogP contribution in [-0.2, 0) is 19.4 Å². The normalized spacial score (nSPS) is 8.80. The van der Waals surface area contributed by atoms with Crippen LogP contribution in [0.15, 0.2) is 12.3 Å². The molecule has 2 heteroatoms. The van der Waals surface area contributed by atoms with Crippen molar-refractivity contribution >= 4 is 4.40 Å². The molecule has 5 heavy (non-hydrogen) atoms. The third-order valence-corrected chi connectivity index (χ3v) is 0.754. The van der Waals surface area contributed by atoms with Crippen molar-refractivity contribution < 1.29 is 19.4 Å². The van der Waals surface area contributed by atoms with Gasteiger partial charge in [0.1, 0.15) is 0 Å². The Bertz CT molecular complexity index is 48.9. The summed E-state index contributed by atoms with van der Waals surface area (Å²) >= 11 is 1.43. The third-order valence-electron chi connectivity index (χ3n) is 0.190. The van der Waals surface area contributed by atoms with E-state index in [1.54, 1.807) is 0 Å². The van der Waals surface area contributed by atoms with Crippen molar-refractivity contribution in [2.75, 3.05) is 0 Å². The Labute approximate surface area is 42.3 Å². The van der Waals surface area contributed by atoms with E-state index >= 15 is 0 Å². The predicted molar refractivity (Wildman–Crippen MR) is 19.4 cm³/mol. The molecule has 0 aliphatic rings. The number of hydrogen-bond acceptors (Lipinski definition) is 1. The van der Waals surface area contributed by atoms with Crippen LogP contribution in [0.2, 0.25) is 0 Å². The second kappa shape index (κ2) is 4.10. The van der Waals surface area contributed by atoms with Crippen LogP contribution in [0.1, 0.15) is 0 Å². The van der Waals surface area contributed by atoms with E-state index in [2.05, 4.69) is 0 Å². The fourth-order valence-electron chi connectivity index (χ4n) is 0.0454. The van der Waals surface area contributed by atoms with Gasteiger partial charge in [-0.2, -0.15) is 0 Å². The molecule has 0 atom stereocenters. The average molecular weight is 239 g/mol. The maximum atomic E-state index is 4.94. The fourth-order valence-corrected chi connectivity index (χ4v) is 0.371. The molecule has 0 radical (unpaired) electrons. The number of rotatable bonds is 1. The van der Waals surface area contributed by atoms with E-state index in [4.69, 9.17) is 5.73 Å². The monoisotopic (exact) mass is 239 g/mol. The molecule has 28 valence electrons. The van der Waals surface area contributed by atoms with Crippen molar-refractivity contribution in [2.24, 2.45) is 5.73 Å². The second-order valence-electron chi connectivity index (χ2n) is 0.521. The minimum atomic E-state index is 1.43. The van der Waals surface area contributed by atoms with Gasteiger partial charge in [-0.3, -0.25) is 0 Å². The predicted octanol–water partition coefficient (Wildman–Crippen LogP) is -0.192. The van der Waals surface area contributed by atoms with Crippen LogP contribution in [0.25, 0.3) is 0 Å². The third kappa shape index (κ3) is 4.10. The van der Waals surface area contributed by atoms with Crippen molar-refractivity contribution in [1.82, 2.24) is 0 Å². The molecular formula is C3H5NW. The molecule has 0 spiro atoms. The molecule has 0 aromatic rings. The maximum absolute atomic E-state index is 4.94. The van der Waals surface area contributed by atoms with Gasteiger partial charge in [-0.25, -0.2) is 0 Å². The first-order valence-electron chi connectivity index (χ1n) is 1.24. The van der Waals surface area contributed by atoms with Gasteiger partial charge in [0, 0.05) is 0 Å². The molecule has 0 aliphatic heterocycles. The van der Waals surface area contributed by atoms with Crippen molar-refractivity contribution in [3.8, 4) is 0 Å². The molecule has 2 N–H and O–H groups in total. The molecule has 0 amide bonds. The first kappa shape index (κ1) is 5.10. The standard InChI is InChI=1S/C3H5N.W/c1-2-3-4;/h1-3H,4H2;/b3-2-;. The summed E-state index contributed by atoms with van der Waals surface area (Å²) in [5.74, 6) is 0. The quantitative estimate of drug-likeness (QED) is 0.674. The Balaban J connectivity index is 2.92. The van der Waals surface area contributed by atoms with Crippen molar-refractivity contribution in [1.29, 1.82) is 0 Å². The van der Waals surface area contributed by atoms with E-state index in [1.807, 2.05) is 10.5 Å². The van der Waals surface area contributed by atoms with E-state index < -0.39 is 0 Å². The Kier molecular flexibility index (Phi) is 4.18. The van der Waals surface area contributed by atoms with Gasteiger partial charge in [-0.15, -0.1) is 0 Å². The van der Waals surface area contributed by atoms with Gasteiger partial charge in [0.05, 0.1) is 0 Å². The molecule has 0 unspecified atom stereocenters. The Morgan fingerprint density at radius 1 is 1.60 bits per heavy atom. The molecule has 0 aliphatic carbocycles. The Morgan fingerprint density at radius 3 is 2.20 bits per heavy atom. The number of hydrogen-bond donors (Lipinski definition) is 1. The summed E-state index contributed by atoms with van der Waals surface area (Å²) in [6.45, 7) is 0. The summed E-state index contributed by atoms with van der Waals surface area (Å²) in [7, 11) is 0. The van der Waals surface area contributed by atoms with Crippen LogP contribution in [0.5, 0.6) is 0 Å². The molecular weight excluding hydrogens is 234 g/mol. The van der Waals surface area contributed by atoms with Crippen LogP contribution in [0.3, 0.4) is 0 Å². The van der Waals surface area contributed by atoms with Crippen molar-refractivity contribution in [3.05, 3.63) is 12.3 Å². The van der Waals surface area contributed by atoms with E-state index in [0.29, 0.717) is 0 Å². The number of allylic oxidation sites excluding steroid dienone is 1. The zero-order valence-electron chi connectivity index (χ0n) is 2.72. The molecule has 0 aromatic carbocycles. The van der Waals surface area contributed by atoms with Gasteiger partial charge >= 0.3 is 41.8 Å². The van der Waals surface area contributed by atoms with Gasteiger partial charge in [0.15, 0.2) is 0 Å². The van der Waals surface area contributed by atoms with Gasteiger partial charge in [0.25, 0.3) is 0 Å². The fraction of sp³-hybridized carbons (Fsp3) is 0. The van der Waals surface area contributed by atoms with Gasteiger partial charge in [-0.1, -0.05) is 0 Å². The Morgan fingerprint density at radius 2 is 2.20 bits per heavy atom. The summed E-state index contributed by atoms with van der Waals surface area (Å²) in [4.78, 5) is 0. The van der Waals surface area contributed by atoms with E-state index in [9.17, 15) is 0 Å². The summed E-state index contributed by atoms with van der Waals surface area (Å²) in [5.41, 5.74) is 4.94. The van der Waals surface area contributed by atoms with Crippen molar-refractivity contribution in [3.63, 3.8) is 0 Å². The SMILES string of the molecule is N/C=C\[CH]=[W]. The van der Waals surface area contributed by atoms with E-state index in [-0.39, 0.29) is 0 Å². The first-order chi connectivity index (χ1) is 2.41. The molecule has 0 saturated heterocycles. The average Bonchev–Trinajstić information content (AvgIpc) is 1.41. The molecule has 0 saturated carbocycles. The summed E-state index contributed by atoms with van der Waals surface area (Å²) in [6, 6.07) is 0.